The summed E-state index contributed by atoms with van der Waals surface area (Å²) < 4.78 is 8.40. The van der Waals surface area contributed by atoms with Crippen molar-refractivity contribution < 1.29 is 4.43 Å². The van der Waals surface area contributed by atoms with Crippen molar-refractivity contribution in [2.75, 3.05) is 0 Å². The molecule has 16 heavy (non-hydrogen) atoms. The molecule has 1 nitrogen and oxygen atoms in total. The summed E-state index contributed by atoms with van der Waals surface area (Å²) >= 11 is 2.26. The van der Waals surface area contributed by atoms with Crippen LogP contribution in [0.5, 0.6) is 0 Å². The van der Waals surface area contributed by atoms with E-state index in [1.165, 1.54) is 0 Å². The molecule has 0 aromatic rings. The summed E-state index contributed by atoms with van der Waals surface area (Å²) in [5, 5.41) is 0.276. The Morgan fingerprint density at radius 2 is 1.94 bits per heavy atom. The minimum atomic E-state index is -1.64. The second-order valence-corrected chi connectivity index (χ2v) is 11.1. The van der Waals surface area contributed by atoms with Gasteiger partial charge in [0, 0.05) is 0 Å². The molecule has 1 unspecified atom stereocenters. The van der Waals surface area contributed by atoms with Crippen LogP contribution in [0.1, 0.15) is 33.6 Å². The average Bonchev–Trinajstić information content (AvgIpc) is 2.12. The molecule has 0 aliphatic heterocycles. The van der Waals surface area contributed by atoms with Gasteiger partial charge in [0.15, 0.2) is 8.32 Å². The van der Waals surface area contributed by atoms with E-state index in [1.807, 2.05) is 6.08 Å². The molecule has 0 bridgehead atoms. The molecule has 94 valence electrons. The standard InChI is InChI=1S/C13H25IOSi/c1-7-8-9-12(10-11-14)15-16(5,6)13(2,3)4/h7,10-12H,1,8-9H2,2-6H3. The van der Waals surface area contributed by atoms with Crippen LogP contribution >= 0.6 is 22.6 Å². The maximum atomic E-state index is 6.34. The fourth-order valence-corrected chi connectivity index (χ4v) is 2.88. The topological polar surface area (TPSA) is 9.23 Å². The van der Waals surface area contributed by atoms with Gasteiger partial charge in [-0.1, -0.05) is 55.5 Å². The monoisotopic (exact) mass is 352 g/mol. The quantitative estimate of drug-likeness (QED) is 0.358. The molecule has 0 saturated heterocycles. The van der Waals surface area contributed by atoms with Crippen LogP contribution in [-0.2, 0) is 4.43 Å². The van der Waals surface area contributed by atoms with Crippen molar-refractivity contribution in [1.29, 1.82) is 0 Å². The van der Waals surface area contributed by atoms with Gasteiger partial charge in [-0.25, -0.2) is 0 Å². The SMILES string of the molecule is C=CCCC(C=CI)O[Si](C)(C)C(C)(C)C. The molecule has 0 saturated carbocycles. The van der Waals surface area contributed by atoms with Crippen LogP contribution in [0.2, 0.25) is 18.1 Å². The van der Waals surface area contributed by atoms with Crippen LogP contribution in [0.15, 0.2) is 22.8 Å². The van der Waals surface area contributed by atoms with Gasteiger partial charge in [0.05, 0.1) is 6.10 Å². The second-order valence-electron chi connectivity index (χ2n) is 5.60. The molecule has 0 aromatic heterocycles. The van der Waals surface area contributed by atoms with Gasteiger partial charge in [0.1, 0.15) is 0 Å². The van der Waals surface area contributed by atoms with E-state index in [1.54, 1.807) is 0 Å². The highest BCUT2D eigenvalue weighted by Crippen LogP contribution is 2.37. The summed E-state index contributed by atoms with van der Waals surface area (Å²) in [5.74, 6) is 0. The largest absolute Gasteiger partial charge is 0.411 e. The highest BCUT2D eigenvalue weighted by molar-refractivity contribution is 14.1. The first kappa shape index (κ1) is 16.4. The maximum absolute atomic E-state index is 6.34. The Balaban J connectivity index is 4.55. The number of hydrogen-bond donors (Lipinski definition) is 0. The zero-order valence-electron chi connectivity index (χ0n) is 11.2. The van der Waals surface area contributed by atoms with Crippen LogP contribution in [0.25, 0.3) is 0 Å². The van der Waals surface area contributed by atoms with Crippen molar-refractivity contribution in [3.63, 3.8) is 0 Å². The van der Waals surface area contributed by atoms with E-state index >= 15 is 0 Å². The van der Waals surface area contributed by atoms with Crippen molar-refractivity contribution >= 4 is 30.9 Å². The first-order valence-corrected chi connectivity index (χ1v) is 9.95. The normalized spacial score (nSPS) is 15.4. The summed E-state index contributed by atoms with van der Waals surface area (Å²) in [7, 11) is -1.64. The van der Waals surface area contributed by atoms with Crippen molar-refractivity contribution in [3.05, 3.63) is 22.8 Å². The van der Waals surface area contributed by atoms with Gasteiger partial charge in [-0.3, -0.25) is 0 Å². The summed E-state index contributed by atoms with van der Waals surface area (Å²) in [4.78, 5) is 0. The van der Waals surface area contributed by atoms with Gasteiger partial charge >= 0.3 is 0 Å². The van der Waals surface area contributed by atoms with Crippen LogP contribution in [0.3, 0.4) is 0 Å². The van der Waals surface area contributed by atoms with E-state index in [0.29, 0.717) is 0 Å². The van der Waals surface area contributed by atoms with E-state index in [2.05, 4.69) is 73.2 Å². The van der Waals surface area contributed by atoms with Crippen molar-refractivity contribution in [2.24, 2.45) is 0 Å². The molecule has 0 aliphatic carbocycles. The Bertz CT molecular complexity index is 241. The molecule has 0 rings (SSSR count). The minimum Gasteiger partial charge on any atom is -0.411 e. The third kappa shape index (κ3) is 5.64. The van der Waals surface area contributed by atoms with Crippen molar-refractivity contribution in [3.8, 4) is 0 Å². The van der Waals surface area contributed by atoms with Crippen molar-refractivity contribution in [1.82, 2.24) is 0 Å². The van der Waals surface area contributed by atoms with Crippen LogP contribution in [0, 0.1) is 0 Å². The lowest BCUT2D eigenvalue weighted by Gasteiger charge is -2.38. The lowest BCUT2D eigenvalue weighted by atomic mass is 10.2. The Labute approximate surface area is 116 Å². The Morgan fingerprint density at radius 3 is 2.31 bits per heavy atom. The Kier molecular flexibility index (Phi) is 7.13. The molecule has 3 heteroatoms. The average molecular weight is 352 g/mol. The van der Waals surface area contributed by atoms with Gasteiger partial charge in [-0.15, -0.1) is 6.58 Å². The number of rotatable bonds is 6. The zero-order chi connectivity index (χ0) is 12.8. The molecule has 0 radical (unpaired) electrons. The first-order valence-electron chi connectivity index (χ1n) is 5.80. The molecule has 0 amide bonds. The van der Waals surface area contributed by atoms with Gasteiger partial charge in [-0.2, -0.15) is 0 Å². The third-order valence-corrected chi connectivity index (χ3v) is 8.11. The van der Waals surface area contributed by atoms with E-state index in [4.69, 9.17) is 4.43 Å². The summed E-state index contributed by atoms with van der Waals surface area (Å²) in [6.07, 6.45) is 6.42. The molecule has 0 heterocycles. The zero-order valence-corrected chi connectivity index (χ0v) is 14.4. The molecule has 0 spiro atoms. The fraction of sp³-hybridized carbons (Fsp3) is 0.692. The minimum absolute atomic E-state index is 0.246. The van der Waals surface area contributed by atoms with Gasteiger partial charge < -0.3 is 4.43 Å². The van der Waals surface area contributed by atoms with Crippen LogP contribution in [0.4, 0.5) is 0 Å². The van der Waals surface area contributed by atoms with E-state index in [9.17, 15) is 0 Å². The molecule has 0 N–H and O–H groups in total. The fourth-order valence-electron chi connectivity index (χ4n) is 1.11. The number of allylic oxidation sites excluding steroid dienone is 1. The summed E-state index contributed by atoms with van der Waals surface area (Å²) in [5.41, 5.74) is 0. The Morgan fingerprint density at radius 1 is 1.38 bits per heavy atom. The predicted octanol–water partition coefficient (Wildman–Crippen LogP) is 5.29. The molecule has 0 aromatic carbocycles. The molecule has 1 atom stereocenters. The maximum Gasteiger partial charge on any atom is 0.192 e. The van der Waals surface area contributed by atoms with E-state index in [-0.39, 0.29) is 11.1 Å². The highest BCUT2D eigenvalue weighted by atomic mass is 127. The second kappa shape index (κ2) is 6.96. The van der Waals surface area contributed by atoms with Crippen LogP contribution < -0.4 is 0 Å². The summed E-state index contributed by atoms with van der Waals surface area (Å²) in [6, 6.07) is 0. The Hall–Kier alpha value is 0.387. The number of halogens is 1. The lowest BCUT2D eigenvalue weighted by molar-refractivity contribution is 0.216. The molecular weight excluding hydrogens is 327 g/mol. The van der Waals surface area contributed by atoms with Crippen LogP contribution in [-0.4, -0.2) is 14.4 Å². The van der Waals surface area contributed by atoms with E-state index in [0.717, 1.165) is 12.8 Å². The molecule has 0 fully saturated rings. The molecular formula is C13H25IOSi. The number of hydrogen-bond acceptors (Lipinski definition) is 1. The summed E-state index contributed by atoms with van der Waals surface area (Å²) in [6.45, 7) is 15.2. The van der Waals surface area contributed by atoms with Gasteiger partial charge in [-0.05, 0) is 35.1 Å². The third-order valence-electron chi connectivity index (χ3n) is 3.19. The first-order chi connectivity index (χ1) is 7.24. The van der Waals surface area contributed by atoms with Gasteiger partial charge in [0.25, 0.3) is 0 Å². The van der Waals surface area contributed by atoms with E-state index < -0.39 is 8.32 Å². The van der Waals surface area contributed by atoms with Crippen molar-refractivity contribution in [2.45, 2.75) is 57.8 Å². The van der Waals surface area contributed by atoms with Gasteiger partial charge in [0.2, 0.25) is 0 Å². The smallest absolute Gasteiger partial charge is 0.192 e. The molecule has 0 aliphatic rings. The lowest BCUT2D eigenvalue weighted by Crippen LogP contribution is -2.43. The predicted molar refractivity (Wildman–Crippen MR) is 84.7 cm³/mol. The highest BCUT2D eigenvalue weighted by Gasteiger charge is 2.38.